The predicted octanol–water partition coefficient (Wildman–Crippen LogP) is 4.96. The number of carbonyl (C=O) groups is 2. The van der Waals surface area contributed by atoms with Crippen LogP contribution in [-0.4, -0.2) is 78.5 Å². The summed E-state index contributed by atoms with van der Waals surface area (Å²) in [6, 6.07) is -0.538. The van der Waals surface area contributed by atoms with Gasteiger partial charge in [0.05, 0.1) is 12.6 Å². The van der Waals surface area contributed by atoms with Crippen molar-refractivity contribution in [2.75, 3.05) is 19.1 Å². The summed E-state index contributed by atoms with van der Waals surface area (Å²) in [7, 11) is -5.36. The molecule has 1 amide bonds. The van der Waals surface area contributed by atoms with Crippen LogP contribution in [0.2, 0.25) is 22.2 Å². The number of ether oxygens (including phenoxy) is 2. The normalized spacial score (nSPS) is 28.5. The molecular formula is C21H42BNO7S2Si2. The fourth-order valence-corrected chi connectivity index (χ4v) is 16.6. The summed E-state index contributed by atoms with van der Waals surface area (Å²) in [5.41, 5.74) is 0.734. The minimum atomic E-state index is -2.88. The molecule has 2 aliphatic heterocycles. The number of hydrogen-bond donors (Lipinski definition) is 1. The van der Waals surface area contributed by atoms with Gasteiger partial charge in [0.15, 0.2) is 6.10 Å². The molecule has 0 aromatic carbocycles. The van der Waals surface area contributed by atoms with Gasteiger partial charge in [-0.1, -0.05) is 67.2 Å². The Hall–Kier alpha value is -0.0213. The van der Waals surface area contributed by atoms with E-state index in [0.29, 0.717) is 6.61 Å². The molecule has 1 N–H and O–H groups in total. The quantitative estimate of drug-likeness (QED) is 0.348. The molecule has 2 heterocycles. The van der Waals surface area contributed by atoms with E-state index in [0.717, 1.165) is 23.5 Å². The van der Waals surface area contributed by atoms with Crippen molar-refractivity contribution in [3.8, 4) is 0 Å². The molecule has 0 radical (unpaired) electrons. The lowest BCUT2D eigenvalue weighted by Gasteiger charge is -2.51. The molecule has 0 aromatic heterocycles. The molecule has 0 bridgehead atoms. The summed E-state index contributed by atoms with van der Waals surface area (Å²) in [4.78, 5) is 24.3. The summed E-state index contributed by atoms with van der Waals surface area (Å²) in [6.07, 6.45) is 1.77. The Kier molecular flexibility index (Phi) is 11.1. The summed E-state index contributed by atoms with van der Waals surface area (Å²) in [5, 5.41) is 2.28. The Morgan fingerprint density at radius 3 is 1.97 bits per heavy atom. The Morgan fingerprint density at radius 1 is 0.941 bits per heavy atom. The van der Waals surface area contributed by atoms with Crippen LogP contribution in [0.15, 0.2) is 0 Å². The zero-order valence-electron chi connectivity index (χ0n) is 22.2. The zero-order valence-corrected chi connectivity index (χ0v) is 25.8. The molecule has 196 valence electrons. The molecule has 2 saturated heterocycles. The molecule has 0 aromatic rings. The van der Waals surface area contributed by atoms with Crippen molar-refractivity contribution in [1.29, 1.82) is 0 Å². The number of rotatable bonds is 7. The maximum absolute atomic E-state index is 12.3. The third kappa shape index (κ3) is 6.27. The lowest BCUT2D eigenvalue weighted by molar-refractivity contribution is -0.0323. The second-order valence-electron chi connectivity index (χ2n) is 10.2. The van der Waals surface area contributed by atoms with E-state index >= 15 is 0 Å². The highest BCUT2D eigenvalue weighted by molar-refractivity contribution is 8.13. The monoisotopic (exact) mass is 551 g/mol. The van der Waals surface area contributed by atoms with E-state index in [1.54, 1.807) is 12.5 Å². The average molecular weight is 552 g/mol. The molecule has 0 saturated carbocycles. The van der Waals surface area contributed by atoms with Gasteiger partial charge in [-0.25, -0.2) is 4.79 Å². The first kappa shape index (κ1) is 30.2. The highest BCUT2D eigenvalue weighted by Gasteiger charge is 2.62. The molecule has 8 nitrogen and oxygen atoms in total. The summed E-state index contributed by atoms with van der Waals surface area (Å²) < 4.78 is 33.2. The average Bonchev–Trinajstić information content (AvgIpc) is 3.06. The van der Waals surface area contributed by atoms with Crippen LogP contribution in [-0.2, 0) is 22.4 Å². The third-order valence-electron chi connectivity index (χ3n) is 6.77. The first-order valence-electron chi connectivity index (χ1n) is 12.1. The van der Waals surface area contributed by atoms with Crippen LogP contribution in [0.25, 0.3) is 0 Å². The maximum Gasteiger partial charge on any atom is 0.367 e. The molecule has 1 unspecified atom stereocenters. The standard InChI is InChI=1S/C21H42BNO7S2Si2/c1-12(2)33(13(3)4)26-11-16-17(29-34(30-33,14(5)6)15(7)8)18(28-21(25)32-10)19(27-16)22-23-20(24)31-9/h12-19,22H,11H2,1-10H3,(H,23,24)/t16-,17?,18+,19-/m1/s1. The number of fused-ring (bicyclic) bond motifs is 1. The van der Waals surface area contributed by atoms with Gasteiger partial charge < -0.3 is 27.7 Å². The minimum Gasteiger partial charge on any atom is -0.449 e. The highest BCUT2D eigenvalue weighted by atomic mass is 32.2. The van der Waals surface area contributed by atoms with Gasteiger partial charge in [0.25, 0.3) is 12.7 Å². The van der Waals surface area contributed by atoms with E-state index in [1.807, 2.05) is 0 Å². The van der Waals surface area contributed by atoms with Crippen LogP contribution in [0.3, 0.4) is 0 Å². The molecule has 13 heteroatoms. The van der Waals surface area contributed by atoms with Crippen molar-refractivity contribution >= 4 is 58.6 Å². The minimum absolute atomic E-state index is 0.145. The van der Waals surface area contributed by atoms with Gasteiger partial charge in [0.1, 0.15) is 12.2 Å². The van der Waals surface area contributed by atoms with Crippen LogP contribution in [0.5, 0.6) is 0 Å². The fraction of sp³-hybridized carbons (Fsp3) is 0.905. The number of carbonyl (C=O) groups excluding carboxylic acids is 2. The summed E-state index contributed by atoms with van der Waals surface area (Å²) >= 11 is 2.10. The maximum atomic E-state index is 12.3. The van der Waals surface area contributed by atoms with E-state index in [2.05, 4.69) is 60.6 Å². The number of amides is 1. The smallest absolute Gasteiger partial charge is 0.367 e. The van der Waals surface area contributed by atoms with Crippen LogP contribution in [0.4, 0.5) is 9.59 Å². The first-order chi connectivity index (χ1) is 15.8. The van der Waals surface area contributed by atoms with Gasteiger partial charge >= 0.3 is 22.4 Å². The molecule has 2 fully saturated rings. The van der Waals surface area contributed by atoms with Crippen LogP contribution in [0, 0.1) is 0 Å². The Bertz CT molecular complexity index is 701. The van der Waals surface area contributed by atoms with Gasteiger partial charge in [0, 0.05) is 0 Å². The van der Waals surface area contributed by atoms with Crippen molar-refractivity contribution in [2.45, 2.75) is 102 Å². The number of nitrogens with one attached hydrogen (secondary N) is 1. The molecule has 0 spiro atoms. The summed E-state index contributed by atoms with van der Waals surface area (Å²) in [6.45, 7) is 17.6. The van der Waals surface area contributed by atoms with Gasteiger partial charge in [-0.3, -0.25) is 4.79 Å². The van der Waals surface area contributed by atoms with Crippen LogP contribution >= 0.6 is 23.5 Å². The van der Waals surface area contributed by atoms with E-state index < -0.39 is 46.7 Å². The van der Waals surface area contributed by atoms with Crippen molar-refractivity contribution in [2.24, 2.45) is 0 Å². The van der Waals surface area contributed by atoms with Crippen LogP contribution in [0.1, 0.15) is 55.4 Å². The van der Waals surface area contributed by atoms with Gasteiger partial charge in [0.2, 0.25) is 0 Å². The lowest BCUT2D eigenvalue weighted by atomic mass is 9.81. The Labute approximate surface area is 216 Å². The topological polar surface area (TPSA) is 92.3 Å². The van der Waals surface area contributed by atoms with Crippen molar-refractivity contribution < 1.29 is 32.0 Å². The molecule has 2 aliphatic rings. The SMILES string of the molecule is CSC(=O)NB[C@@H]1O[C@@H]2CO[Si](C(C)C)(C(C)C)O[Si](C(C)C)(C(C)C)OC2[C@@H]1OC(=O)SC. The first-order valence-corrected chi connectivity index (χ1v) is 18.5. The number of hydrogen-bond acceptors (Lipinski definition) is 9. The molecule has 2 rings (SSSR count). The van der Waals surface area contributed by atoms with Gasteiger partial charge in [-0.15, -0.1) is 0 Å². The highest BCUT2D eigenvalue weighted by Crippen LogP contribution is 2.47. The fourth-order valence-electron chi connectivity index (χ4n) is 4.94. The second kappa shape index (κ2) is 12.5. The van der Waals surface area contributed by atoms with E-state index in [-0.39, 0.29) is 34.8 Å². The van der Waals surface area contributed by atoms with E-state index in [9.17, 15) is 9.59 Å². The molecular weight excluding hydrogens is 509 g/mol. The predicted molar refractivity (Wildman–Crippen MR) is 145 cm³/mol. The van der Waals surface area contributed by atoms with E-state index in [4.69, 9.17) is 22.4 Å². The van der Waals surface area contributed by atoms with Gasteiger partial charge in [-0.2, -0.15) is 0 Å². The second-order valence-corrected chi connectivity index (χ2v) is 20.5. The van der Waals surface area contributed by atoms with Crippen molar-refractivity contribution in [3.05, 3.63) is 0 Å². The van der Waals surface area contributed by atoms with E-state index in [1.165, 1.54) is 0 Å². The largest absolute Gasteiger partial charge is 0.449 e. The van der Waals surface area contributed by atoms with Gasteiger partial charge in [-0.05, 0) is 46.4 Å². The van der Waals surface area contributed by atoms with Crippen molar-refractivity contribution in [3.63, 3.8) is 0 Å². The van der Waals surface area contributed by atoms with Crippen LogP contribution < -0.4 is 5.23 Å². The zero-order chi connectivity index (χ0) is 25.8. The molecule has 34 heavy (non-hydrogen) atoms. The lowest BCUT2D eigenvalue weighted by Crippen LogP contribution is -2.66. The molecule has 4 atom stereocenters. The third-order valence-corrected chi connectivity index (χ3v) is 18.0. The Morgan fingerprint density at radius 2 is 1.50 bits per heavy atom. The number of thioether (sulfide) groups is 2. The Balaban J connectivity index is 2.53. The summed E-state index contributed by atoms with van der Waals surface area (Å²) in [5.74, 6) is 0. The molecule has 0 aliphatic carbocycles. The van der Waals surface area contributed by atoms with Crippen molar-refractivity contribution in [1.82, 2.24) is 5.23 Å².